The quantitative estimate of drug-likeness (QED) is 0.739. The van der Waals surface area contributed by atoms with E-state index in [0.717, 1.165) is 23.8 Å². The lowest BCUT2D eigenvalue weighted by atomic mass is 9.92. The zero-order chi connectivity index (χ0) is 10.9. The SMILES string of the molecule is CC(C)C1(CNc2ccccc2N)CC1. The van der Waals surface area contributed by atoms with Gasteiger partial charge in [0.25, 0.3) is 0 Å². The second-order valence-electron chi connectivity index (χ2n) is 4.96. The molecule has 0 radical (unpaired) electrons. The highest BCUT2D eigenvalue weighted by atomic mass is 14.9. The van der Waals surface area contributed by atoms with Crippen LogP contribution in [0.5, 0.6) is 0 Å². The molecule has 0 aromatic heterocycles. The molecule has 2 nitrogen and oxygen atoms in total. The Labute approximate surface area is 91.9 Å². The number of benzene rings is 1. The van der Waals surface area contributed by atoms with Gasteiger partial charge in [-0.3, -0.25) is 0 Å². The maximum absolute atomic E-state index is 5.88. The molecule has 1 saturated carbocycles. The van der Waals surface area contributed by atoms with Crippen LogP contribution in [0.4, 0.5) is 11.4 Å². The van der Waals surface area contributed by atoms with Crippen molar-refractivity contribution in [2.45, 2.75) is 26.7 Å². The van der Waals surface area contributed by atoms with E-state index < -0.39 is 0 Å². The Kier molecular flexibility index (Phi) is 2.59. The van der Waals surface area contributed by atoms with Gasteiger partial charge in [-0.25, -0.2) is 0 Å². The van der Waals surface area contributed by atoms with E-state index in [1.165, 1.54) is 12.8 Å². The molecular formula is C13H20N2. The van der Waals surface area contributed by atoms with Crippen LogP contribution < -0.4 is 11.1 Å². The second kappa shape index (κ2) is 3.76. The minimum absolute atomic E-state index is 0.530. The molecule has 2 rings (SSSR count). The van der Waals surface area contributed by atoms with Gasteiger partial charge in [-0.2, -0.15) is 0 Å². The van der Waals surface area contributed by atoms with Gasteiger partial charge >= 0.3 is 0 Å². The Bertz CT molecular complexity index is 340. The Morgan fingerprint density at radius 1 is 1.33 bits per heavy atom. The summed E-state index contributed by atoms with van der Waals surface area (Å²) in [4.78, 5) is 0. The fraction of sp³-hybridized carbons (Fsp3) is 0.538. The minimum Gasteiger partial charge on any atom is -0.397 e. The van der Waals surface area contributed by atoms with Gasteiger partial charge in [-0.15, -0.1) is 0 Å². The van der Waals surface area contributed by atoms with Gasteiger partial charge in [0.05, 0.1) is 11.4 Å². The Morgan fingerprint density at radius 3 is 2.53 bits per heavy atom. The molecule has 2 heteroatoms. The van der Waals surface area contributed by atoms with Crippen molar-refractivity contribution in [3.8, 4) is 0 Å². The van der Waals surface area contributed by atoms with Crippen LogP contribution in [0.2, 0.25) is 0 Å². The molecule has 3 N–H and O–H groups in total. The predicted molar refractivity (Wildman–Crippen MR) is 65.8 cm³/mol. The van der Waals surface area contributed by atoms with Crippen molar-refractivity contribution < 1.29 is 0 Å². The van der Waals surface area contributed by atoms with Gasteiger partial charge in [-0.1, -0.05) is 26.0 Å². The molecule has 0 amide bonds. The lowest BCUT2D eigenvalue weighted by Crippen LogP contribution is -2.21. The monoisotopic (exact) mass is 204 g/mol. The maximum Gasteiger partial charge on any atom is 0.0574 e. The van der Waals surface area contributed by atoms with E-state index >= 15 is 0 Å². The summed E-state index contributed by atoms with van der Waals surface area (Å²) < 4.78 is 0. The van der Waals surface area contributed by atoms with Crippen LogP contribution >= 0.6 is 0 Å². The van der Waals surface area contributed by atoms with Crippen LogP contribution in [0.25, 0.3) is 0 Å². The number of nitrogens with two attached hydrogens (primary N) is 1. The summed E-state index contributed by atoms with van der Waals surface area (Å²) >= 11 is 0. The summed E-state index contributed by atoms with van der Waals surface area (Å²) in [6, 6.07) is 7.98. The number of rotatable bonds is 4. The molecule has 1 aromatic carbocycles. The van der Waals surface area contributed by atoms with Crippen molar-refractivity contribution in [3.05, 3.63) is 24.3 Å². The number of nitrogens with one attached hydrogen (secondary N) is 1. The minimum atomic E-state index is 0.530. The third-order valence-electron chi connectivity index (χ3n) is 3.71. The second-order valence-corrected chi connectivity index (χ2v) is 4.96. The van der Waals surface area contributed by atoms with Crippen molar-refractivity contribution in [2.24, 2.45) is 11.3 Å². The standard InChI is InChI=1S/C13H20N2/c1-10(2)13(7-8-13)9-15-12-6-4-3-5-11(12)14/h3-6,10,15H,7-9,14H2,1-2H3. The molecule has 0 saturated heterocycles. The van der Waals surface area contributed by atoms with E-state index in [0.29, 0.717) is 5.41 Å². The first-order valence-electron chi connectivity index (χ1n) is 5.72. The highest BCUT2D eigenvalue weighted by molar-refractivity contribution is 5.65. The topological polar surface area (TPSA) is 38.0 Å². The number of hydrogen-bond donors (Lipinski definition) is 2. The van der Waals surface area contributed by atoms with E-state index in [1.807, 2.05) is 24.3 Å². The number of hydrogen-bond acceptors (Lipinski definition) is 2. The molecule has 0 heterocycles. The van der Waals surface area contributed by atoms with Crippen molar-refractivity contribution in [2.75, 3.05) is 17.6 Å². The van der Waals surface area contributed by atoms with Crippen molar-refractivity contribution >= 4 is 11.4 Å². The lowest BCUT2D eigenvalue weighted by Gasteiger charge is -2.21. The van der Waals surface area contributed by atoms with Crippen LogP contribution in [0.3, 0.4) is 0 Å². The van der Waals surface area contributed by atoms with Gasteiger partial charge in [0, 0.05) is 6.54 Å². The fourth-order valence-electron chi connectivity index (χ4n) is 2.05. The van der Waals surface area contributed by atoms with Gasteiger partial charge in [0.15, 0.2) is 0 Å². The average molecular weight is 204 g/mol. The number of anilines is 2. The highest BCUT2D eigenvalue weighted by Gasteiger charge is 2.44. The van der Waals surface area contributed by atoms with Crippen LogP contribution in [-0.4, -0.2) is 6.54 Å². The Morgan fingerprint density at radius 2 is 2.00 bits per heavy atom. The van der Waals surface area contributed by atoms with Crippen molar-refractivity contribution in [1.82, 2.24) is 0 Å². The molecular weight excluding hydrogens is 184 g/mol. The molecule has 0 bridgehead atoms. The first-order valence-corrected chi connectivity index (χ1v) is 5.72. The molecule has 0 spiro atoms. The predicted octanol–water partition coefficient (Wildman–Crippen LogP) is 3.12. The van der Waals surface area contributed by atoms with Gasteiger partial charge in [0.2, 0.25) is 0 Å². The molecule has 1 aliphatic rings. The molecule has 82 valence electrons. The van der Waals surface area contributed by atoms with Gasteiger partial charge in [0.1, 0.15) is 0 Å². The van der Waals surface area contributed by atoms with Crippen LogP contribution in [0, 0.1) is 11.3 Å². The molecule has 0 aliphatic heterocycles. The van der Waals surface area contributed by atoms with Crippen LogP contribution in [0.15, 0.2) is 24.3 Å². The summed E-state index contributed by atoms with van der Waals surface area (Å²) in [5, 5.41) is 3.47. The lowest BCUT2D eigenvalue weighted by molar-refractivity contribution is 0.380. The van der Waals surface area contributed by atoms with Gasteiger partial charge < -0.3 is 11.1 Å². The summed E-state index contributed by atoms with van der Waals surface area (Å²) in [6.07, 6.45) is 2.70. The summed E-state index contributed by atoms with van der Waals surface area (Å²) in [5.41, 5.74) is 8.33. The largest absolute Gasteiger partial charge is 0.397 e. The first-order chi connectivity index (χ1) is 7.14. The normalized spacial score (nSPS) is 17.8. The summed E-state index contributed by atoms with van der Waals surface area (Å²) in [7, 11) is 0. The first kappa shape index (κ1) is 10.3. The van der Waals surface area contributed by atoms with Crippen molar-refractivity contribution in [1.29, 1.82) is 0 Å². The third kappa shape index (κ3) is 2.09. The number of nitrogen functional groups attached to an aromatic ring is 1. The Balaban J connectivity index is 1.97. The molecule has 15 heavy (non-hydrogen) atoms. The molecule has 1 aromatic rings. The summed E-state index contributed by atoms with van der Waals surface area (Å²) in [5.74, 6) is 0.759. The average Bonchev–Trinajstić information content (AvgIpc) is 2.98. The van der Waals surface area contributed by atoms with E-state index in [2.05, 4.69) is 19.2 Å². The smallest absolute Gasteiger partial charge is 0.0574 e. The zero-order valence-corrected chi connectivity index (χ0v) is 9.59. The molecule has 1 fully saturated rings. The highest BCUT2D eigenvalue weighted by Crippen LogP contribution is 2.51. The number of para-hydroxylation sites is 2. The van der Waals surface area contributed by atoms with E-state index in [1.54, 1.807) is 0 Å². The molecule has 0 atom stereocenters. The maximum atomic E-state index is 5.88. The molecule has 0 unspecified atom stereocenters. The van der Waals surface area contributed by atoms with E-state index in [-0.39, 0.29) is 0 Å². The van der Waals surface area contributed by atoms with E-state index in [9.17, 15) is 0 Å². The molecule has 1 aliphatic carbocycles. The third-order valence-corrected chi connectivity index (χ3v) is 3.71. The Hall–Kier alpha value is -1.18. The van der Waals surface area contributed by atoms with Crippen LogP contribution in [-0.2, 0) is 0 Å². The van der Waals surface area contributed by atoms with Gasteiger partial charge in [-0.05, 0) is 36.3 Å². The van der Waals surface area contributed by atoms with E-state index in [4.69, 9.17) is 5.73 Å². The fourth-order valence-corrected chi connectivity index (χ4v) is 2.05. The van der Waals surface area contributed by atoms with Crippen molar-refractivity contribution in [3.63, 3.8) is 0 Å². The zero-order valence-electron chi connectivity index (χ0n) is 9.59. The van der Waals surface area contributed by atoms with Crippen LogP contribution in [0.1, 0.15) is 26.7 Å². The summed E-state index contributed by atoms with van der Waals surface area (Å²) in [6.45, 7) is 5.67.